The lowest BCUT2D eigenvalue weighted by atomic mass is 10.1. The van der Waals surface area contributed by atoms with Gasteiger partial charge in [0.05, 0.1) is 4.92 Å². The van der Waals surface area contributed by atoms with Gasteiger partial charge in [-0.15, -0.1) is 0 Å². The molecule has 1 N–H and O–H groups in total. The van der Waals surface area contributed by atoms with E-state index in [0.29, 0.717) is 17.2 Å². The molecule has 0 bridgehead atoms. The molecular weight excluding hydrogens is 528 g/mol. The van der Waals surface area contributed by atoms with Gasteiger partial charge in [-0.3, -0.25) is 19.8 Å². The van der Waals surface area contributed by atoms with Gasteiger partial charge < -0.3 is 14.6 Å². The first kappa shape index (κ1) is 27.2. The number of rotatable bonds is 8. The van der Waals surface area contributed by atoms with Crippen molar-refractivity contribution in [3.05, 3.63) is 117 Å². The van der Waals surface area contributed by atoms with Crippen LogP contribution in [0.15, 0.2) is 89.4 Å². The summed E-state index contributed by atoms with van der Waals surface area (Å²) in [6.45, 7) is 6.38. The second-order valence-electron chi connectivity index (χ2n) is 9.68. The molecule has 1 aliphatic heterocycles. The average Bonchev–Trinajstić information content (AvgIpc) is 3.43. The Morgan fingerprint density at radius 3 is 2.48 bits per heavy atom. The number of nitro groups is 1. The fourth-order valence-corrected chi connectivity index (χ4v) is 4.95. The van der Waals surface area contributed by atoms with Gasteiger partial charge in [-0.25, -0.2) is 0 Å². The summed E-state index contributed by atoms with van der Waals surface area (Å²) in [5.41, 5.74) is 4.51. The number of halogens is 1. The molecule has 9 heteroatoms. The molecule has 0 saturated carbocycles. The van der Waals surface area contributed by atoms with Crippen LogP contribution in [0.3, 0.4) is 0 Å². The Hall–Kier alpha value is -4.40. The van der Waals surface area contributed by atoms with Gasteiger partial charge in [0.2, 0.25) is 5.91 Å². The quantitative estimate of drug-likeness (QED) is 0.146. The molecule has 5 rings (SSSR count). The highest BCUT2D eigenvalue weighted by Gasteiger charge is 2.18. The highest BCUT2D eigenvalue weighted by Crippen LogP contribution is 2.29. The van der Waals surface area contributed by atoms with Gasteiger partial charge in [0.25, 0.3) is 5.69 Å². The van der Waals surface area contributed by atoms with Gasteiger partial charge in [0.1, 0.15) is 11.5 Å². The monoisotopic (exact) mass is 556 g/mol. The molecule has 3 aromatic carbocycles. The van der Waals surface area contributed by atoms with Crippen LogP contribution in [0.1, 0.15) is 16.9 Å². The van der Waals surface area contributed by atoms with Crippen LogP contribution in [0.5, 0.6) is 0 Å². The predicted octanol–water partition coefficient (Wildman–Crippen LogP) is 6.79. The van der Waals surface area contributed by atoms with E-state index in [0.717, 1.165) is 60.1 Å². The summed E-state index contributed by atoms with van der Waals surface area (Å²) in [7, 11) is 0. The highest BCUT2D eigenvalue weighted by atomic mass is 35.5. The summed E-state index contributed by atoms with van der Waals surface area (Å²) in [6, 6.07) is 24.0. The number of carbonyl (C=O) groups is 1. The van der Waals surface area contributed by atoms with Gasteiger partial charge >= 0.3 is 0 Å². The maximum atomic E-state index is 12.5. The minimum absolute atomic E-state index is 0.0322. The number of nitrogens with zero attached hydrogens (tertiary/aromatic N) is 3. The van der Waals surface area contributed by atoms with Crippen LogP contribution in [0.4, 0.5) is 17.1 Å². The van der Waals surface area contributed by atoms with Crippen LogP contribution in [-0.4, -0.2) is 41.9 Å². The van der Waals surface area contributed by atoms with Crippen molar-refractivity contribution in [1.29, 1.82) is 0 Å². The van der Waals surface area contributed by atoms with Crippen molar-refractivity contribution in [2.75, 3.05) is 36.4 Å². The second-order valence-corrected chi connectivity index (χ2v) is 10.1. The van der Waals surface area contributed by atoms with Crippen LogP contribution >= 0.6 is 11.6 Å². The summed E-state index contributed by atoms with van der Waals surface area (Å²) in [5.74, 6) is 0.810. The molecule has 0 radical (unpaired) electrons. The summed E-state index contributed by atoms with van der Waals surface area (Å²) >= 11 is 6.32. The first-order chi connectivity index (χ1) is 19.4. The smallest absolute Gasteiger partial charge is 0.269 e. The van der Waals surface area contributed by atoms with Crippen LogP contribution in [0.2, 0.25) is 5.02 Å². The Bertz CT molecular complexity index is 1540. The maximum Gasteiger partial charge on any atom is 0.269 e. The highest BCUT2D eigenvalue weighted by molar-refractivity contribution is 6.31. The van der Waals surface area contributed by atoms with Gasteiger partial charge in [-0.1, -0.05) is 29.8 Å². The van der Waals surface area contributed by atoms with Gasteiger partial charge in [-0.2, -0.15) is 0 Å². The number of hydrogen-bond donors (Lipinski definition) is 1. The summed E-state index contributed by atoms with van der Waals surface area (Å²) < 4.78 is 5.83. The third kappa shape index (κ3) is 6.59. The third-order valence-electron chi connectivity index (χ3n) is 6.94. The first-order valence-electron chi connectivity index (χ1n) is 13.0. The van der Waals surface area contributed by atoms with Crippen LogP contribution in [0.25, 0.3) is 17.4 Å². The van der Waals surface area contributed by atoms with Crippen molar-refractivity contribution in [3.8, 4) is 11.3 Å². The van der Waals surface area contributed by atoms with Crippen molar-refractivity contribution in [2.45, 2.75) is 13.5 Å². The van der Waals surface area contributed by atoms with Crippen molar-refractivity contribution in [1.82, 2.24) is 4.90 Å². The fraction of sp³-hybridized carbons (Fsp3) is 0.194. The number of amides is 1. The zero-order chi connectivity index (χ0) is 28.1. The molecule has 40 heavy (non-hydrogen) atoms. The molecule has 1 fully saturated rings. The van der Waals surface area contributed by atoms with Gasteiger partial charge in [-0.05, 0) is 72.7 Å². The Morgan fingerprint density at radius 2 is 1.77 bits per heavy atom. The van der Waals surface area contributed by atoms with E-state index in [1.54, 1.807) is 31.2 Å². The van der Waals surface area contributed by atoms with E-state index in [1.165, 1.54) is 18.2 Å². The second kappa shape index (κ2) is 12.2. The van der Waals surface area contributed by atoms with E-state index in [1.807, 2.05) is 42.5 Å². The minimum atomic E-state index is -0.426. The number of furan rings is 1. The van der Waals surface area contributed by atoms with E-state index >= 15 is 0 Å². The lowest BCUT2D eigenvalue weighted by Crippen LogP contribution is -2.46. The Morgan fingerprint density at radius 1 is 1.02 bits per heavy atom. The van der Waals surface area contributed by atoms with E-state index in [-0.39, 0.29) is 11.6 Å². The number of piperazine rings is 1. The molecule has 1 aliphatic rings. The Kier molecular flexibility index (Phi) is 8.28. The normalized spacial score (nSPS) is 14.0. The number of carbonyl (C=O) groups excluding carboxylic acids is 1. The minimum Gasteiger partial charge on any atom is -0.457 e. The molecule has 0 atom stereocenters. The van der Waals surface area contributed by atoms with E-state index in [2.05, 4.69) is 21.2 Å². The number of hydrogen-bond acceptors (Lipinski definition) is 6. The van der Waals surface area contributed by atoms with Gasteiger partial charge in [0.15, 0.2) is 0 Å². The van der Waals surface area contributed by atoms with Crippen molar-refractivity contribution >= 4 is 40.6 Å². The number of aryl methyl sites for hydroxylation is 1. The van der Waals surface area contributed by atoms with Crippen LogP contribution in [-0.2, 0) is 11.3 Å². The van der Waals surface area contributed by atoms with Crippen LogP contribution in [0, 0.1) is 17.0 Å². The molecular formula is C31H29ClN4O4. The summed E-state index contributed by atoms with van der Waals surface area (Å²) in [4.78, 5) is 27.8. The molecule has 4 aromatic rings. The molecule has 1 saturated heterocycles. The average molecular weight is 557 g/mol. The van der Waals surface area contributed by atoms with Crippen molar-refractivity contribution in [2.24, 2.45) is 0 Å². The molecule has 204 valence electrons. The fourth-order valence-electron chi connectivity index (χ4n) is 4.75. The number of nitro benzene ring substituents is 1. The molecule has 2 heterocycles. The maximum absolute atomic E-state index is 12.5. The molecule has 0 spiro atoms. The molecule has 1 aromatic heterocycles. The molecule has 1 amide bonds. The standard InChI is InChI=1S/C31H29ClN4O4/c1-22-20-26(36(38)39)10-13-28(22)30-14-11-27(40-30)12-15-31(37)33-24-6-8-25(9-7-24)35-18-16-34(17-19-35)21-23-4-2-3-5-29(23)32/h2-15,20H,16-19,21H2,1H3,(H,33,37)/b15-12+. The third-order valence-corrected chi connectivity index (χ3v) is 7.30. The lowest BCUT2D eigenvalue weighted by Gasteiger charge is -2.36. The van der Waals surface area contributed by atoms with Crippen molar-refractivity contribution in [3.63, 3.8) is 0 Å². The predicted molar refractivity (Wildman–Crippen MR) is 159 cm³/mol. The Balaban J connectivity index is 1.12. The Labute approximate surface area is 237 Å². The molecule has 0 aliphatic carbocycles. The number of benzene rings is 3. The van der Waals surface area contributed by atoms with Crippen molar-refractivity contribution < 1.29 is 14.1 Å². The largest absolute Gasteiger partial charge is 0.457 e. The van der Waals surface area contributed by atoms with Crippen LogP contribution < -0.4 is 10.2 Å². The molecule has 0 unspecified atom stereocenters. The topological polar surface area (TPSA) is 91.9 Å². The van der Waals surface area contributed by atoms with E-state index in [4.69, 9.17) is 16.0 Å². The van der Waals surface area contributed by atoms with Gasteiger partial charge in [0, 0.05) is 72.9 Å². The lowest BCUT2D eigenvalue weighted by molar-refractivity contribution is -0.384. The van der Waals surface area contributed by atoms with E-state index < -0.39 is 4.92 Å². The zero-order valence-electron chi connectivity index (χ0n) is 22.0. The number of non-ortho nitro benzene ring substituents is 1. The number of anilines is 2. The summed E-state index contributed by atoms with van der Waals surface area (Å²) in [5, 5.41) is 14.7. The SMILES string of the molecule is Cc1cc([N+](=O)[O-])ccc1-c1ccc(/C=C/C(=O)Nc2ccc(N3CCN(Cc4ccccc4Cl)CC3)cc2)o1. The first-order valence-corrected chi connectivity index (χ1v) is 13.4. The molecule has 8 nitrogen and oxygen atoms in total. The number of nitrogens with one attached hydrogen (secondary N) is 1. The zero-order valence-corrected chi connectivity index (χ0v) is 22.8. The summed E-state index contributed by atoms with van der Waals surface area (Å²) in [6.07, 6.45) is 3.01. The van der Waals surface area contributed by atoms with E-state index in [9.17, 15) is 14.9 Å².